The number of benzene rings is 1. The fraction of sp³-hybridized carbons (Fsp3) is 0.294. The van der Waals surface area contributed by atoms with Crippen molar-refractivity contribution in [2.75, 3.05) is 31.6 Å². The van der Waals surface area contributed by atoms with Crippen LogP contribution in [0.25, 0.3) is 0 Å². The van der Waals surface area contributed by atoms with E-state index in [0.29, 0.717) is 49.9 Å². The van der Waals surface area contributed by atoms with Gasteiger partial charge in [0.05, 0.1) is 26.0 Å². The van der Waals surface area contributed by atoms with Gasteiger partial charge in [-0.1, -0.05) is 0 Å². The molecule has 1 aliphatic rings. The van der Waals surface area contributed by atoms with Crippen molar-refractivity contribution in [2.24, 2.45) is 0 Å². The number of ether oxygens (including phenoxy) is 1. The third-order valence-electron chi connectivity index (χ3n) is 3.70. The van der Waals surface area contributed by atoms with Crippen molar-refractivity contribution in [1.29, 1.82) is 0 Å². The number of carbonyl (C=O) groups is 2. The number of amides is 3. The Balaban J connectivity index is 1.52. The lowest BCUT2D eigenvalue weighted by Crippen LogP contribution is -2.43. The zero-order valence-corrected chi connectivity index (χ0v) is 13.2. The van der Waals surface area contributed by atoms with Crippen LogP contribution in [0, 0.1) is 0 Å². The van der Waals surface area contributed by atoms with Gasteiger partial charge in [-0.25, -0.2) is 4.79 Å². The summed E-state index contributed by atoms with van der Waals surface area (Å²) in [6, 6.07) is 10.2. The number of urea groups is 1. The highest BCUT2D eigenvalue weighted by Crippen LogP contribution is 2.11. The fourth-order valence-electron chi connectivity index (χ4n) is 2.36. The van der Waals surface area contributed by atoms with E-state index in [1.165, 1.54) is 0 Å². The molecule has 126 valence electrons. The van der Waals surface area contributed by atoms with Crippen molar-refractivity contribution in [3.05, 3.63) is 54.0 Å². The van der Waals surface area contributed by atoms with Crippen LogP contribution in [0.2, 0.25) is 0 Å². The number of hydrogen-bond acceptors (Lipinski definition) is 4. The SMILES string of the molecule is O=C(NCc1ccco1)c1ccc(NC(=O)N2CCOCC2)cc1. The van der Waals surface area contributed by atoms with Crippen molar-refractivity contribution in [3.8, 4) is 0 Å². The molecule has 24 heavy (non-hydrogen) atoms. The molecule has 1 saturated heterocycles. The number of nitrogens with zero attached hydrogens (tertiary/aromatic N) is 1. The lowest BCUT2D eigenvalue weighted by Gasteiger charge is -2.26. The van der Waals surface area contributed by atoms with Crippen LogP contribution >= 0.6 is 0 Å². The summed E-state index contributed by atoms with van der Waals surface area (Å²) in [6.07, 6.45) is 1.56. The van der Waals surface area contributed by atoms with Crippen LogP contribution in [0.1, 0.15) is 16.1 Å². The normalized spacial score (nSPS) is 14.2. The molecule has 0 radical (unpaired) electrons. The maximum atomic E-state index is 12.1. The highest BCUT2D eigenvalue weighted by molar-refractivity contribution is 5.95. The molecule has 3 rings (SSSR count). The second-order valence-corrected chi connectivity index (χ2v) is 5.37. The van der Waals surface area contributed by atoms with E-state index in [2.05, 4.69) is 10.6 Å². The van der Waals surface area contributed by atoms with E-state index in [0.717, 1.165) is 0 Å². The molecule has 0 aliphatic carbocycles. The Labute approximate surface area is 139 Å². The Bertz CT molecular complexity index is 676. The molecule has 7 heteroatoms. The lowest BCUT2D eigenvalue weighted by atomic mass is 10.2. The minimum absolute atomic E-state index is 0.159. The highest BCUT2D eigenvalue weighted by atomic mass is 16.5. The summed E-state index contributed by atoms with van der Waals surface area (Å²) >= 11 is 0. The van der Waals surface area contributed by atoms with Crippen LogP contribution in [-0.2, 0) is 11.3 Å². The Kier molecular flexibility index (Phi) is 5.12. The smallest absolute Gasteiger partial charge is 0.321 e. The largest absolute Gasteiger partial charge is 0.467 e. The van der Waals surface area contributed by atoms with Crippen molar-refractivity contribution in [2.45, 2.75) is 6.54 Å². The van der Waals surface area contributed by atoms with Crippen LogP contribution < -0.4 is 10.6 Å². The number of morpholine rings is 1. The van der Waals surface area contributed by atoms with Gasteiger partial charge in [0.2, 0.25) is 0 Å². The maximum Gasteiger partial charge on any atom is 0.321 e. The predicted molar refractivity (Wildman–Crippen MR) is 87.7 cm³/mol. The Morgan fingerprint density at radius 2 is 1.83 bits per heavy atom. The molecule has 0 spiro atoms. The Morgan fingerprint density at radius 1 is 1.08 bits per heavy atom. The number of rotatable bonds is 4. The third kappa shape index (κ3) is 4.14. The molecule has 0 unspecified atom stereocenters. The van der Waals surface area contributed by atoms with Crippen LogP contribution in [0.4, 0.5) is 10.5 Å². The molecule has 2 heterocycles. The van der Waals surface area contributed by atoms with Crippen molar-refractivity contribution in [3.63, 3.8) is 0 Å². The van der Waals surface area contributed by atoms with E-state index in [1.807, 2.05) is 0 Å². The van der Waals surface area contributed by atoms with Gasteiger partial charge in [0, 0.05) is 24.3 Å². The molecule has 1 aromatic heterocycles. The summed E-state index contributed by atoms with van der Waals surface area (Å²) in [6.45, 7) is 2.62. The topological polar surface area (TPSA) is 83.8 Å². The summed E-state index contributed by atoms with van der Waals surface area (Å²) in [4.78, 5) is 25.9. The van der Waals surface area contributed by atoms with Crippen LogP contribution in [0.15, 0.2) is 47.1 Å². The molecule has 2 N–H and O–H groups in total. The Morgan fingerprint density at radius 3 is 2.50 bits per heavy atom. The lowest BCUT2D eigenvalue weighted by molar-refractivity contribution is 0.0564. The first-order chi connectivity index (χ1) is 11.7. The van der Waals surface area contributed by atoms with Crippen LogP contribution in [0.5, 0.6) is 0 Å². The molecular formula is C17H19N3O4. The van der Waals surface area contributed by atoms with Gasteiger partial charge in [-0.3, -0.25) is 4.79 Å². The van der Waals surface area contributed by atoms with E-state index in [4.69, 9.17) is 9.15 Å². The first-order valence-corrected chi connectivity index (χ1v) is 7.77. The summed E-state index contributed by atoms with van der Waals surface area (Å²) in [5, 5.41) is 5.59. The van der Waals surface area contributed by atoms with Crippen molar-refractivity contribution in [1.82, 2.24) is 10.2 Å². The minimum atomic E-state index is -0.197. The standard InChI is InChI=1S/C17H19N3O4/c21-16(18-12-15-2-1-9-24-15)13-3-5-14(6-4-13)19-17(22)20-7-10-23-11-8-20/h1-6,9H,7-8,10-12H2,(H,18,21)(H,19,22). The molecule has 1 aliphatic heterocycles. The monoisotopic (exact) mass is 329 g/mol. The van der Waals surface area contributed by atoms with Gasteiger partial charge in [-0.05, 0) is 36.4 Å². The molecule has 0 saturated carbocycles. The predicted octanol–water partition coefficient (Wildman–Crippen LogP) is 2.07. The van der Waals surface area contributed by atoms with Gasteiger partial charge < -0.3 is 24.7 Å². The quantitative estimate of drug-likeness (QED) is 0.899. The zero-order chi connectivity index (χ0) is 16.8. The second-order valence-electron chi connectivity index (χ2n) is 5.37. The summed E-state index contributed by atoms with van der Waals surface area (Å²) in [7, 11) is 0. The zero-order valence-electron chi connectivity index (χ0n) is 13.2. The number of nitrogens with one attached hydrogen (secondary N) is 2. The average Bonchev–Trinajstić information content (AvgIpc) is 3.14. The summed E-state index contributed by atoms with van der Waals surface area (Å²) in [5.74, 6) is 0.496. The van der Waals surface area contributed by atoms with E-state index in [9.17, 15) is 9.59 Å². The molecule has 0 atom stereocenters. The first kappa shape index (κ1) is 16.1. The molecule has 1 aromatic carbocycles. The van der Waals surface area contributed by atoms with Crippen molar-refractivity contribution >= 4 is 17.6 Å². The third-order valence-corrected chi connectivity index (χ3v) is 3.70. The van der Waals surface area contributed by atoms with E-state index >= 15 is 0 Å². The Hall–Kier alpha value is -2.80. The second kappa shape index (κ2) is 7.65. The fourth-order valence-corrected chi connectivity index (χ4v) is 2.36. The van der Waals surface area contributed by atoms with Gasteiger partial charge in [-0.2, -0.15) is 0 Å². The number of hydrogen-bond donors (Lipinski definition) is 2. The van der Waals surface area contributed by atoms with E-state index in [1.54, 1.807) is 47.6 Å². The maximum absolute atomic E-state index is 12.1. The number of carbonyl (C=O) groups excluding carboxylic acids is 2. The van der Waals surface area contributed by atoms with Crippen LogP contribution in [-0.4, -0.2) is 43.1 Å². The molecule has 1 fully saturated rings. The number of anilines is 1. The van der Waals surface area contributed by atoms with Gasteiger partial charge in [0.1, 0.15) is 5.76 Å². The van der Waals surface area contributed by atoms with Gasteiger partial charge in [0.15, 0.2) is 0 Å². The molecule has 7 nitrogen and oxygen atoms in total. The van der Waals surface area contributed by atoms with E-state index < -0.39 is 0 Å². The molecule has 2 aromatic rings. The number of furan rings is 1. The highest BCUT2D eigenvalue weighted by Gasteiger charge is 2.16. The summed E-state index contributed by atoms with van der Waals surface area (Å²) < 4.78 is 10.4. The van der Waals surface area contributed by atoms with Crippen molar-refractivity contribution < 1.29 is 18.7 Å². The molecular weight excluding hydrogens is 310 g/mol. The molecule has 3 amide bonds. The van der Waals surface area contributed by atoms with Crippen LogP contribution in [0.3, 0.4) is 0 Å². The molecule has 0 bridgehead atoms. The average molecular weight is 329 g/mol. The van der Waals surface area contributed by atoms with Gasteiger partial charge in [-0.15, -0.1) is 0 Å². The van der Waals surface area contributed by atoms with Gasteiger partial charge >= 0.3 is 6.03 Å². The van der Waals surface area contributed by atoms with Gasteiger partial charge in [0.25, 0.3) is 5.91 Å². The van der Waals surface area contributed by atoms with E-state index in [-0.39, 0.29) is 11.9 Å². The summed E-state index contributed by atoms with van der Waals surface area (Å²) in [5.41, 5.74) is 1.17. The minimum Gasteiger partial charge on any atom is -0.467 e. The first-order valence-electron chi connectivity index (χ1n) is 7.77.